The van der Waals surface area contributed by atoms with Crippen LogP contribution in [-0.2, 0) is 6.42 Å². The average molecular weight is 278 g/mol. The predicted molar refractivity (Wildman–Crippen MR) is 75.3 cm³/mol. The normalized spacial score (nSPS) is 10.4. The molecule has 0 radical (unpaired) electrons. The zero-order valence-electron chi connectivity index (χ0n) is 11.1. The number of anilines is 2. The summed E-state index contributed by atoms with van der Waals surface area (Å²) in [6.45, 7) is 2.51. The van der Waals surface area contributed by atoms with Gasteiger partial charge >= 0.3 is 0 Å². The van der Waals surface area contributed by atoms with Crippen molar-refractivity contribution >= 4 is 11.6 Å². The highest BCUT2D eigenvalue weighted by Gasteiger charge is 2.10. The molecule has 20 heavy (non-hydrogen) atoms. The molecule has 1 aromatic heterocycles. The number of rotatable bonds is 5. The van der Waals surface area contributed by atoms with Gasteiger partial charge in [0, 0.05) is 12.6 Å². The van der Waals surface area contributed by atoms with E-state index in [1.165, 1.54) is 11.1 Å². The van der Waals surface area contributed by atoms with Crippen molar-refractivity contribution < 1.29 is 8.78 Å². The van der Waals surface area contributed by atoms with E-state index in [0.717, 1.165) is 12.5 Å². The topological polar surface area (TPSA) is 63.0 Å². The van der Waals surface area contributed by atoms with Gasteiger partial charge in [0.15, 0.2) is 23.3 Å². The highest BCUT2D eigenvalue weighted by Crippen LogP contribution is 2.18. The molecule has 0 saturated carbocycles. The quantitative estimate of drug-likeness (QED) is 0.581. The fourth-order valence-corrected chi connectivity index (χ4v) is 1.90. The molecule has 6 heteroatoms. The van der Waals surface area contributed by atoms with E-state index in [-0.39, 0.29) is 11.6 Å². The molecule has 0 fully saturated rings. The van der Waals surface area contributed by atoms with Gasteiger partial charge in [-0.15, -0.1) is 0 Å². The summed E-state index contributed by atoms with van der Waals surface area (Å²) in [7, 11) is 0. The van der Waals surface area contributed by atoms with Crippen LogP contribution in [0.2, 0.25) is 0 Å². The standard InChI is InChI=1S/C14H16F2N4/c1-9-4-2-3-5-10(9)6-7-18-13-11(15)8-12(16)14(19-13)20-17/h2-5,8H,6-7,17H2,1H3,(H2,18,19,20). The van der Waals surface area contributed by atoms with Crippen LogP contribution in [0.1, 0.15) is 11.1 Å². The van der Waals surface area contributed by atoms with Crippen molar-refractivity contribution in [2.24, 2.45) is 5.84 Å². The molecule has 1 aromatic carbocycles. The molecule has 0 bridgehead atoms. The fraction of sp³-hybridized carbons (Fsp3) is 0.214. The summed E-state index contributed by atoms with van der Waals surface area (Å²) in [6, 6.07) is 8.70. The average Bonchev–Trinajstić information content (AvgIpc) is 2.43. The van der Waals surface area contributed by atoms with Crippen molar-refractivity contribution in [1.29, 1.82) is 0 Å². The maximum Gasteiger partial charge on any atom is 0.178 e. The minimum absolute atomic E-state index is 0.0204. The van der Waals surface area contributed by atoms with Gasteiger partial charge in [-0.1, -0.05) is 24.3 Å². The molecule has 0 atom stereocenters. The summed E-state index contributed by atoms with van der Waals surface area (Å²) in [6.07, 6.45) is 0.719. The lowest BCUT2D eigenvalue weighted by molar-refractivity contribution is 0.578. The Bertz CT molecular complexity index is 602. The van der Waals surface area contributed by atoms with Gasteiger partial charge in [-0.2, -0.15) is 0 Å². The van der Waals surface area contributed by atoms with Gasteiger partial charge in [0.25, 0.3) is 0 Å². The number of pyridine rings is 1. The smallest absolute Gasteiger partial charge is 0.178 e. The second-order valence-electron chi connectivity index (χ2n) is 4.40. The van der Waals surface area contributed by atoms with Crippen LogP contribution in [0.25, 0.3) is 0 Å². The van der Waals surface area contributed by atoms with Crippen molar-refractivity contribution in [3.05, 3.63) is 53.1 Å². The number of nitrogen functional groups attached to an aromatic ring is 1. The van der Waals surface area contributed by atoms with Crippen LogP contribution in [0.4, 0.5) is 20.4 Å². The number of hydrazine groups is 1. The van der Waals surface area contributed by atoms with Crippen LogP contribution >= 0.6 is 0 Å². The van der Waals surface area contributed by atoms with Crippen molar-refractivity contribution in [3.63, 3.8) is 0 Å². The summed E-state index contributed by atoms with van der Waals surface area (Å²) in [5, 5.41) is 2.84. The lowest BCUT2D eigenvalue weighted by Crippen LogP contribution is -2.14. The van der Waals surface area contributed by atoms with E-state index in [9.17, 15) is 8.78 Å². The van der Waals surface area contributed by atoms with E-state index in [1.54, 1.807) is 0 Å². The van der Waals surface area contributed by atoms with Gasteiger partial charge < -0.3 is 10.7 Å². The number of hydrogen-bond acceptors (Lipinski definition) is 4. The Balaban J connectivity index is 2.03. The van der Waals surface area contributed by atoms with Crippen LogP contribution in [0.3, 0.4) is 0 Å². The number of nitrogens with zero attached hydrogens (tertiary/aromatic N) is 1. The van der Waals surface area contributed by atoms with Crippen molar-refractivity contribution in [2.45, 2.75) is 13.3 Å². The number of aromatic nitrogens is 1. The Morgan fingerprint density at radius 2 is 1.85 bits per heavy atom. The maximum absolute atomic E-state index is 13.5. The molecule has 0 saturated heterocycles. The monoisotopic (exact) mass is 278 g/mol. The van der Waals surface area contributed by atoms with Gasteiger partial charge in [-0.25, -0.2) is 19.6 Å². The zero-order valence-corrected chi connectivity index (χ0v) is 11.1. The highest BCUT2D eigenvalue weighted by atomic mass is 19.1. The molecule has 1 heterocycles. The van der Waals surface area contributed by atoms with E-state index in [0.29, 0.717) is 6.54 Å². The summed E-state index contributed by atoms with van der Waals surface area (Å²) < 4.78 is 26.7. The minimum atomic E-state index is -0.825. The molecule has 4 nitrogen and oxygen atoms in total. The molecule has 0 aliphatic heterocycles. The lowest BCUT2D eigenvalue weighted by atomic mass is 10.1. The van der Waals surface area contributed by atoms with Gasteiger partial charge in [0.2, 0.25) is 0 Å². The second-order valence-corrected chi connectivity index (χ2v) is 4.40. The summed E-state index contributed by atoms with van der Waals surface area (Å²) >= 11 is 0. The fourth-order valence-electron chi connectivity index (χ4n) is 1.90. The van der Waals surface area contributed by atoms with Gasteiger partial charge in [-0.3, -0.25) is 0 Å². The number of hydrogen-bond donors (Lipinski definition) is 3. The Morgan fingerprint density at radius 3 is 2.55 bits per heavy atom. The van der Waals surface area contributed by atoms with Gasteiger partial charge in [0.1, 0.15) is 0 Å². The molecular weight excluding hydrogens is 262 g/mol. The molecular formula is C14H16F2N4. The molecule has 2 aromatic rings. The third-order valence-corrected chi connectivity index (χ3v) is 3.01. The Kier molecular flexibility index (Phi) is 4.47. The van der Waals surface area contributed by atoms with Crippen molar-refractivity contribution in [2.75, 3.05) is 17.3 Å². The molecule has 106 valence electrons. The first kappa shape index (κ1) is 14.2. The van der Waals surface area contributed by atoms with E-state index in [2.05, 4.69) is 15.7 Å². The number of nitrogens with two attached hydrogens (primary N) is 1. The molecule has 2 rings (SSSR count). The first-order valence-corrected chi connectivity index (χ1v) is 6.23. The van der Waals surface area contributed by atoms with Crippen LogP contribution < -0.4 is 16.6 Å². The van der Waals surface area contributed by atoms with Crippen LogP contribution in [0.5, 0.6) is 0 Å². The SMILES string of the molecule is Cc1ccccc1CCNc1nc(NN)c(F)cc1F. The molecule has 0 spiro atoms. The van der Waals surface area contributed by atoms with Crippen molar-refractivity contribution in [1.82, 2.24) is 4.98 Å². The van der Waals surface area contributed by atoms with Gasteiger partial charge in [-0.05, 0) is 24.5 Å². The Morgan fingerprint density at radius 1 is 1.15 bits per heavy atom. The van der Waals surface area contributed by atoms with Crippen LogP contribution in [0.15, 0.2) is 30.3 Å². The molecule has 0 aliphatic carbocycles. The highest BCUT2D eigenvalue weighted by molar-refractivity contribution is 5.47. The first-order valence-electron chi connectivity index (χ1n) is 6.23. The van der Waals surface area contributed by atoms with E-state index < -0.39 is 11.6 Å². The summed E-state index contributed by atoms with van der Waals surface area (Å²) in [5.74, 6) is 3.33. The summed E-state index contributed by atoms with van der Waals surface area (Å²) in [4.78, 5) is 3.75. The maximum atomic E-state index is 13.5. The molecule has 0 aliphatic rings. The number of benzene rings is 1. The predicted octanol–water partition coefficient (Wildman–Crippen LogP) is 2.61. The Labute approximate surface area is 116 Å². The third kappa shape index (κ3) is 3.21. The number of halogens is 2. The number of aryl methyl sites for hydroxylation is 1. The molecule has 0 unspecified atom stereocenters. The van der Waals surface area contributed by atoms with Crippen LogP contribution in [0, 0.1) is 18.6 Å². The van der Waals surface area contributed by atoms with E-state index in [1.807, 2.05) is 31.2 Å². The second kappa shape index (κ2) is 6.29. The van der Waals surface area contributed by atoms with Crippen LogP contribution in [-0.4, -0.2) is 11.5 Å². The number of nitrogens with one attached hydrogen (secondary N) is 2. The molecule has 4 N–H and O–H groups in total. The first-order chi connectivity index (χ1) is 9.61. The van der Waals surface area contributed by atoms with Gasteiger partial charge in [0.05, 0.1) is 0 Å². The summed E-state index contributed by atoms with van der Waals surface area (Å²) in [5.41, 5.74) is 4.43. The Hall–Kier alpha value is -2.21. The van der Waals surface area contributed by atoms with E-state index in [4.69, 9.17) is 5.84 Å². The largest absolute Gasteiger partial charge is 0.367 e. The molecule has 0 amide bonds. The zero-order chi connectivity index (χ0) is 14.5. The van der Waals surface area contributed by atoms with E-state index >= 15 is 0 Å². The lowest BCUT2D eigenvalue weighted by Gasteiger charge is -2.10. The minimum Gasteiger partial charge on any atom is -0.367 e. The van der Waals surface area contributed by atoms with Crippen molar-refractivity contribution in [3.8, 4) is 0 Å². The third-order valence-electron chi connectivity index (χ3n) is 3.01.